The van der Waals surface area contributed by atoms with Crippen molar-refractivity contribution in [2.45, 2.75) is 45.6 Å². The highest BCUT2D eigenvalue weighted by atomic mass is 16.5. The molecular weight excluding hydrogens is 226 g/mol. The van der Waals surface area contributed by atoms with E-state index in [4.69, 9.17) is 15.9 Å². The second kappa shape index (κ2) is 7.74. The standard InChI is InChI=1S/C14H29N3O/c1-11-8-12(2)10-13(9-11)17(6-7-18-3)5-4-14(15)16/h11-13H,4-10H2,1-3H3,(H3,15,16). The molecule has 0 radical (unpaired) electrons. The topological polar surface area (TPSA) is 62.3 Å². The van der Waals surface area contributed by atoms with E-state index in [1.165, 1.54) is 19.3 Å². The van der Waals surface area contributed by atoms with Crippen LogP contribution in [0.1, 0.15) is 39.5 Å². The number of amidine groups is 1. The first-order valence-corrected chi connectivity index (χ1v) is 7.08. The maximum absolute atomic E-state index is 7.38. The Morgan fingerprint density at radius 2 is 1.83 bits per heavy atom. The van der Waals surface area contributed by atoms with Crippen LogP contribution in [0.5, 0.6) is 0 Å². The molecule has 0 aromatic rings. The molecule has 106 valence electrons. The Balaban J connectivity index is 2.53. The third kappa shape index (κ3) is 5.36. The van der Waals surface area contributed by atoms with Crippen LogP contribution < -0.4 is 5.73 Å². The maximum atomic E-state index is 7.38. The van der Waals surface area contributed by atoms with Gasteiger partial charge >= 0.3 is 0 Å². The zero-order chi connectivity index (χ0) is 13.5. The summed E-state index contributed by atoms with van der Waals surface area (Å²) in [6, 6.07) is 0.637. The fourth-order valence-corrected chi connectivity index (χ4v) is 3.15. The summed E-state index contributed by atoms with van der Waals surface area (Å²) >= 11 is 0. The van der Waals surface area contributed by atoms with Crippen LogP contribution in [0.2, 0.25) is 0 Å². The molecule has 3 N–H and O–H groups in total. The first-order chi connectivity index (χ1) is 8.52. The first kappa shape index (κ1) is 15.4. The number of nitrogens with one attached hydrogen (secondary N) is 1. The minimum Gasteiger partial charge on any atom is -0.388 e. The number of rotatable bonds is 7. The fraction of sp³-hybridized carbons (Fsp3) is 0.929. The minimum atomic E-state index is 0.286. The van der Waals surface area contributed by atoms with E-state index in [9.17, 15) is 0 Å². The summed E-state index contributed by atoms with van der Waals surface area (Å²) in [6.45, 7) is 7.30. The van der Waals surface area contributed by atoms with Gasteiger partial charge in [-0.1, -0.05) is 13.8 Å². The van der Waals surface area contributed by atoms with Gasteiger partial charge in [0.2, 0.25) is 0 Å². The van der Waals surface area contributed by atoms with E-state index in [-0.39, 0.29) is 5.84 Å². The Hall–Kier alpha value is -0.610. The molecule has 1 saturated carbocycles. The molecule has 0 amide bonds. The van der Waals surface area contributed by atoms with E-state index < -0.39 is 0 Å². The van der Waals surface area contributed by atoms with E-state index >= 15 is 0 Å². The molecule has 0 aromatic heterocycles. The largest absolute Gasteiger partial charge is 0.388 e. The van der Waals surface area contributed by atoms with Crippen LogP contribution in [0.15, 0.2) is 0 Å². The summed E-state index contributed by atoms with van der Waals surface area (Å²) in [4.78, 5) is 2.47. The van der Waals surface area contributed by atoms with Crippen molar-refractivity contribution < 1.29 is 4.74 Å². The lowest BCUT2D eigenvalue weighted by atomic mass is 9.79. The molecule has 4 nitrogen and oxygen atoms in total. The summed E-state index contributed by atoms with van der Waals surface area (Å²) < 4.78 is 5.20. The van der Waals surface area contributed by atoms with Crippen LogP contribution in [0.3, 0.4) is 0 Å². The van der Waals surface area contributed by atoms with Gasteiger partial charge in [-0.2, -0.15) is 0 Å². The summed E-state index contributed by atoms with van der Waals surface area (Å²) in [5, 5.41) is 7.38. The summed E-state index contributed by atoms with van der Waals surface area (Å²) in [6.07, 6.45) is 4.56. The lowest BCUT2D eigenvalue weighted by Crippen LogP contribution is -2.43. The molecule has 1 fully saturated rings. The van der Waals surface area contributed by atoms with Crippen molar-refractivity contribution in [2.75, 3.05) is 26.8 Å². The van der Waals surface area contributed by atoms with Crippen molar-refractivity contribution in [3.63, 3.8) is 0 Å². The third-order valence-corrected chi connectivity index (χ3v) is 3.92. The lowest BCUT2D eigenvalue weighted by Gasteiger charge is -2.39. The number of hydrogen-bond acceptors (Lipinski definition) is 3. The number of hydrogen-bond donors (Lipinski definition) is 2. The Morgan fingerprint density at radius 3 is 2.33 bits per heavy atom. The van der Waals surface area contributed by atoms with Gasteiger partial charge in [0, 0.05) is 32.7 Å². The van der Waals surface area contributed by atoms with Crippen molar-refractivity contribution in [3.8, 4) is 0 Å². The van der Waals surface area contributed by atoms with Gasteiger partial charge < -0.3 is 10.5 Å². The van der Waals surface area contributed by atoms with Gasteiger partial charge in [-0.25, -0.2) is 0 Å². The van der Waals surface area contributed by atoms with Gasteiger partial charge in [-0.05, 0) is 31.1 Å². The Bertz CT molecular complexity index is 247. The van der Waals surface area contributed by atoms with Crippen LogP contribution in [0, 0.1) is 17.2 Å². The smallest absolute Gasteiger partial charge is 0.0918 e. The molecular formula is C14H29N3O. The second-order valence-corrected chi connectivity index (χ2v) is 5.88. The summed E-state index contributed by atoms with van der Waals surface area (Å²) in [5.41, 5.74) is 5.48. The monoisotopic (exact) mass is 255 g/mol. The van der Waals surface area contributed by atoms with E-state index in [2.05, 4.69) is 18.7 Å². The van der Waals surface area contributed by atoms with Crippen LogP contribution in [0.25, 0.3) is 0 Å². The second-order valence-electron chi connectivity index (χ2n) is 5.88. The lowest BCUT2D eigenvalue weighted by molar-refractivity contribution is 0.0791. The van der Waals surface area contributed by atoms with E-state index in [1.54, 1.807) is 7.11 Å². The summed E-state index contributed by atoms with van der Waals surface area (Å²) in [7, 11) is 1.75. The van der Waals surface area contributed by atoms with Gasteiger partial charge in [0.15, 0.2) is 0 Å². The van der Waals surface area contributed by atoms with Crippen LogP contribution >= 0.6 is 0 Å². The van der Waals surface area contributed by atoms with Crippen molar-refractivity contribution in [1.29, 1.82) is 5.41 Å². The molecule has 18 heavy (non-hydrogen) atoms. The Kier molecular flexibility index (Phi) is 6.65. The zero-order valence-electron chi connectivity index (χ0n) is 12.1. The SMILES string of the molecule is COCCN(CCC(=N)N)C1CC(C)CC(C)C1. The molecule has 0 aliphatic heterocycles. The van der Waals surface area contributed by atoms with Crippen molar-refractivity contribution in [3.05, 3.63) is 0 Å². The normalized spacial score (nSPS) is 28.6. The van der Waals surface area contributed by atoms with Gasteiger partial charge in [0.1, 0.15) is 0 Å². The fourth-order valence-electron chi connectivity index (χ4n) is 3.15. The average Bonchev–Trinajstić information content (AvgIpc) is 2.27. The molecule has 1 aliphatic rings. The van der Waals surface area contributed by atoms with E-state index in [1.807, 2.05) is 0 Å². The molecule has 0 spiro atoms. The molecule has 1 aliphatic carbocycles. The van der Waals surface area contributed by atoms with Crippen molar-refractivity contribution >= 4 is 5.84 Å². The number of nitrogens with two attached hydrogens (primary N) is 1. The highest BCUT2D eigenvalue weighted by Crippen LogP contribution is 2.31. The maximum Gasteiger partial charge on any atom is 0.0918 e. The molecule has 1 rings (SSSR count). The van der Waals surface area contributed by atoms with Crippen LogP contribution in [-0.2, 0) is 4.74 Å². The Morgan fingerprint density at radius 1 is 1.22 bits per heavy atom. The number of ether oxygens (including phenoxy) is 1. The van der Waals surface area contributed by atoms with Crippen LogP contribution in [-0.4, -0.2) is 43.6 Å². The highest BCUT2D eigenvalue weighted by molar-refractivity contribution is 5.76. The molecule has 0 heterocycles. The van der Waals surface area contributed by atoms with Gasteiger partial charge in [-0.15, -0.1) is 0 Å². The van der Waals surface area contributed by atoms with E-state index in [0.29, 0.717) is 12.5 Å². The number of methoxy groups -OCH3 is 1. The average molecular weight is 255 g/mol. The van der Waals surface area contributed by atoms with Crippen LogP contribution in [0.4, 0.5) is 0 Å². The summed E-state index contributed by atoms with van der Waals surface area (Å²) in [5.74, 6) is 1.90. The predicted octanol–water partition coefficient (Wildman–Crippen LogP) is 2.09. The molecule has 2 unspecified atom stereocenters. The molecule has 2 atom stereocenters. The quantitative estimate of drug-likeness (QED) is 0.541. The third-order valence-electron chi connectivity index (χ3n) is 3.92. The highest BCUT2D eigenvalue weighted by Gasteiger charge is 2.28. The molecule has 0 bridgehead atoms. The van der Waals surface area contributed by atoms with E-state index in [0.717, 1.165) is 31.5 Å². The van der Waals surface area contributed by atoms with Gasteiger partial charge in [0.05, 0.1) is 12.4 Å². The molecule has 0 aromatic carbocycles. The number of nitrogens with zero attached hydrogens (tertiary/aromatic N) is 1. The predicted molar refractivity (Wildman–Crippen MR) is 75.9 cm³/mol. The molecule has 4 heteroatoms. The zero-order valence-corrected chi connectivity index (χ0v) is 12.1. The van der Waals surface area contributed by atoms with Crippen molar-refractivity contribution in [1.82, 2.24) is 4.90 Å². The Labute approximate surface area is 111 Å². The minimum absolute atomic E-state index is 0.286. The van der Waals surface area contributed by atoms with Gasteiger partial charge in [0.25, 0.3) is 0 Å². The molecule has 0 saturated heterocycles. The van der Waals surface area contributed by atoms with Crippen molar-refractivity contribution in [2.24, 2.45) is 17.6 Å². The first-order valence-electron chi connectivity index (χ1n) is 7.08. The van der Waals surface area contributed by atoms with Gasteiger partial charge in [-0.3, -0.25) is 10.3 Å².